The summed E-state index contributed by atoms with van der Waals surface area (Å²) in [6.07, 6.45) is 1.25. The SMILES string of the molecule is COCCN(CCOC)C(=O)C(O)(O)C(O)(O)C(O)(O)C#Cc1cccc2nc(Cn3nc(-c4cccc(O)c4)c4c(N)ncnc43)n(Cc3ccccc3Cl)c(=O)c12. The number of halogens is 1. The molecule has 3 heterocycles. The number of methoxy groups -OCH3 is 2. The van der Waals surface area contributed by atoms with Gasteiger partial charge in [0.2, 0.25) is 0 Å². The van der Waals surface area contributed by atoms with Crippen LogP contribution in [0.1, 0.15) is 17.0 Å². The normalized spacial score (nSPS) is 12.2. The number of aliphatic hydroxyl groups is 6. The third-order valence-corrected chi connectivity index (χ3v) is 9.75. The Bertz CT molecular complexity index is 2650. The average molecular weight is 831 g/mol. The number of nitrogens with two attached hydrogens (primary N) is 1. The highest BCUT2D eigenvalue weighted by atomic mass is 35.5. The molecule has 0 saturated heterocycles. The lowest BCUT2D eigenvalue weighted by Crippen LogP contribution is -2.73. The van der Waals surface area contributed by atoms with Gasteiger partial charge in [-0.1, -0.05) is 53.9 Å². The minimum Gasteiger partial charge on any atom is -0.508 e. The summed E-state index contributed by atoms with van der Waals surface area (Å²) < 4.78 is 12.6. The number of rotatable bonds is 14. The molecular weight excluding hydrogens is 792 g/mol. The van der Waals surface area contributed by atoms with Crippen molar-refractivity contribution < 1.29 is 50.0 Å². The third-order valence-electron chi connectivity index (χ3n) is 9.38. The number of fused-ring (bicyclic) bond motifs is 2. The summed E-state index contributed by atoms with van der Waals surface area (Å²) in [6, 6.07) is 17.3. The van der Waals surface area contributed by atoms with E-state index in [1.165, 1.54) is 60.1 Å². The zero-order valence-corrected chi connectivity index (χ0v) is 32.3. The molecule has 0 aliphatic carbocycles. The Morgan fingerprint density at radius 2 is 1.61 bits per heavy atom. The van der Waals surface area contributed by atoms with E-state index in [2.05, 4.69) is 15.9 Å². The molecular formula is C39H39ClN8O11. The van der Waals surface area contributed by atoms with Gasteiger partial charge in [0.1, 0.15) is 36.0 Å². The van der Waals surface area contributed by atoms with Crippen molar-refractivity contribution in [2.24, 2.45) is 0 Å². The van der Waals surface area contributed by atoms with Gasteiger partial charge in [0.05, 0.1) is 36.0 Å². The lowest BCUT2D eigenvalue weighted by Gasteiger charge is -2.40. The van der Waals surface area contributed by atoms with Crippen LogP contribution in [0.15, 0.2) is 77.9 Å². The predicted molar refractivity (Wildman–Crippen MR) is 211 cm³/mol. The topological polar surface area (TPSA) is 285 Å². The molecule has 0 aliphatic heterocycles. The Labute approximate surface area is 339 Å². The van der Waals surface area contributed by atoms with Crippen LogP contribution in [-0.4, -0.2) is 134 Å². The largest absolute Gasteiger partial charge is 0.508 e. The van der Waals surface area contributed by atoms with Crippen molar-refractivity contribution in [2.75, 3.05) is 46.3 Å². The Balaban J connectivity index is 1.46. The third kappa shape index (κ3) is 8.30. The summed E-state index contributed by atoms with van der Waals surface area (Å²) >= 11 is 6.53. The van der Waals surface area contributed by atoms with Crippen LogP contribution < -0.4 is 11.3 Å². The van der Waals surface area contributed by atoms with Gasteiger partial charge in [-0.05, 0) is 41.8 Å². The number of benzene rings is 3. The molecule has 0 saturated carbocycles. The van der Waals surface area contributed by atoms with E-state index in [1.807, 2.05) is 0 Å². The fraction of sp³-hybridized carbons (Fsp3) is 0.282. The van der Waals surface area contributed by atoms with E-state index >= 15 is 0 Å². The average Bonchev–Trinajstić information content (AvgIpc) is 3.58. The van der Waals surface area contributed by atoms with Crippen molar-refractivity contribution in [2.45, 2.75) is 30.5 Å². The fourth-order valence-electron chi connectivity index (χ4n) is 6.20. The molecule has 19 nitrogen and oxygen atoms in total. The van der Waals surface area contributed by atoms with E-state index in [0.717, 1.165) is 4.90 Å². The smallest absolute Gasteiger partial charge is 0.307 e. The van der Waals surface area contributed by atoms with Crippen molar-refractivity contribution >= 4 is 45.3 Å². The molecule has 0 aliphatic rings. The molecule has 59 heavy (non-hydrogen) atoms. The van der Waals surface area contributed by atoms with Crippen LogP contribution in [-0.2, 0) is 27.4 Å². The molecule has 0 atom stereocenters. The number of carbonyl (C=O) groups excluding carboxylic acids is 1. The highest BCUT2D eigenvalue weighted by molar-refractivity contribution is 6.31. The van der Waals surface area contributed by atoms with Gasteiger partial charge in [-0.2, -0.15) is 5.10 Å². The standard InChI is InChI=1S/C39H39ClN8O11/c1-58-17-15-46(16-18-59-2)36(51)38(54,55)39(56,57)37(52,53)14-13-23-8-6-12-28-30(23)35(50)47(20-25-7-3-4-11-27(25)40)29(44-28)21-48-34-31(33(41)42-22-43-34)32(45-48)24-9-5-10-26(49)19-24/h3-12,19,22,49,52-57H,15-18,20-21H2,1-2H3,(H2,41,42,43). The van der Waals surface area contributed by atoms with Gasteiger partial charge in [-0.25, -0.2) is 19.6 Å². The van der Waals surface area contributed by atoms with Crippen LogP contribution in [0.3, 0.4) is 0 Å². The maximum atomic E-state index is 14.6. The number of hydrogen-bond donors (Lipinski definition) is 8. The monoisotopic (exact) mass is 830 g/mol. The van der Waals surface area contributed by atoms with Crippen LogP contribution in [0, 0.1) is 11.8 Å². The molecule has 308 valence electrons. The van der Waals surface area contributed by atoms with Crippen molar-refractivity contribution in [3.8, 4) is 28.8 Å². The van der Waals surface area contributed by atoms with E-state index in [1.54, 1.807) is 42.3 Å². The first-order valence-electron chi connectivity index (χ1n) is 17.7. The molecule has 0 spiro atoms. The van der Waals surface area contributed by atoms with Gasteiger partial charge < -0.3 is 55.9 Å². The second kappa shape index (κ2) is 17.0. The molecule has 9 N–H and O–H groups in total. The second-order valence-corrected chi connectivity index (χ2v) is 13.7. The summed E-state index contributed by atoms with van der Waals surface area (Å²) in [6.45, 7) is -1.04. The number of phenolic OH excluding ortho intramolecular Hbond substituents is 1. The van der Waals surface area contributed by atoms with Crippen molar-refractivity contribution in [3.05, 3.63) is 105 Å². The summed E-state index contributed by atoms with van der Waals surface area (Å²) in [5.74, 6) is -10.2. The lowest BCUT2D eigenvalue weighted by molar-refractivity contribution is -0.421. The number of aromatic nitrogens is 6. The fourth-order valence-corrected chi connectivity index (χ4v) is 6.39. The first kappa shape index (κ1) is 42.6. The Morgan fingerprint density at radius 3 is 2.29 bits per heavy atom. The zero-order valence-electron chi connectivity index (χ0n) is 31.5. The predicted octanol–water partition coefficient (Wildman–Crippen LogP) is -0.243. The van der Waals surface area contributed by atoms with E-state index in [9.17, 15) is 45.3 Å². The number of anilines is 1. The van der Waals surface area contributed by atoms with Crippen molar-refractivity contribution in [1.82, 2.24) is 34.2 Å². The molecule has 0 fully saturated rings. The van der Waals surface area contributed by atoms with Crippen LogP contribution in [0.4, 0.5) is 5.82 Å². The minimum absolute atomic E-state index is 0.0179. The minimum atomic E-state index is -4.43. The number of ether oxygens (including phenoxy) is 2. The van der Waals surface area contributed by atoms with Crippen LogP contribution in [0.5, 0.6) is 5.75 Å². The maximum Gasteiger partial charge on any atom is 0.307 e. The van der Waals surface area contributed by atoms with E-state index in [-0.39, 0.29) is 78.9 Å². The molecule has 6 rings (SSSR count). The number of nitrogens with zero attached hydrogens (tertiary/aromatic N) is 7. The quantitative estimate of drug-likeness (QED) is 0.0519. The summed E-state index contributed by atoms with van der Waals surface area (Å²) in [5.41, 5.74) is 7.12. The molecule has 0 radical (unpaired) electrons. The van der Waals surface area contributed by atoms with Crippen molar-refractivity contribution in [1.29, 1.82) is 0 Å². The lowest BCUT2D eigenvalue weighted by atomic mass is 9.94. The molecule has 3 aromatic heterocycles. The highest BCUT2D eigenvalue weighted by Gasteiger charge is 2.66. The van der Waals surface area contributed by atoms with Crippen molar-refractivity contribution in [3.63, 3.8) is 0 Å². The van der Waals surface area contributed by atoms with Gasteiger partial charge in [0, 0.05) is 43.5 Å². The molecule has 20 heteroatoms. The number of aromatic hydroxyl groups is 1. The number of carbonyl (C=O) groups is 1. The van der Waals surface area contributed by atoms with E-state index in [4.69, 9.17) is 36.9 Å². The Hall–Kier alpha value is -6.05. The summed E-state index contributed by atoms with van der Waals surface area (Å²) in [4.78, 5) is 41.8. The summed E-state index contributed by atoms with van der Waals surface area (Å²) in [5, 5.41) is 80.2. The van der Waals surface area contributed by atoms with Gasteiger partial charge >= 0.3 is 5.79 Å². The zero-order chi connectivity index (χ0) is 42.7. The van der Waals surface area contributed by atoms with E-state index in [0.29, 0.717) is 27.2 Å². The maximum absolute atomic E-state index is 14.6. The van der Waals surface area contributed by atoms with Crippen LogP contribution in [0.2, 0.25) is 5.02 Å². The Kier molecular flexibility index (Phi) is 12.3. The van der Waals surface area contributed by atoms with Crippen LogP contribution in [0.25, 0.3) is 33.2 Å². The molecule has 6 aromatic rings. The molecule has 1 amide bonds. The Morgan fingerprint density at radius 1 is 0.915 bits per heavy atom. The molecule has 0 unspecified atom stereocenters. The first-order chi connectivity index (χ1) is 28.0. The molecule has 3 aromatic carbocycles. The highest BCUT2D eigenvalue weighted by Crippen LogP contribution is 2.33. The van der Waals surface area contributed by atoms with Gasteiger partial charge in [-0.15, -0.1) is 0 Å². The van der Waals surface area contributed by atoms with Gasteiger partial charge in [-0.3, -0.25) is 14.2 Å². The number of phenols is 1. The van der Waals surface area contributed by atoms with Gasteiger partial charge in [0.25, 0.3) is 23.0 Å². The number of amides is 1. The molecule has 0 bridgehead atoms. The summed E-state index contributed by atoms with van der Waals surface area (Å²) in [7, 11) is 2.62. The number of nitrogen functional groups attached to an aromatic ring is 1. The second-order valence-electron chi connectivity index (χ2n) is 13.3. The van der Waals surface area contributed by atoms with Crippen LogP contribution >= 0.6 is 11.6 Å². The van der Waals surface area contributed by atoms with Gasteiger partial charge in [0.15, 0.2) is 5.65 Å². The number of hydrogen-bond acceptors (Lipinski definition) is 16. The van der Waals surface area contributed by atoms with E-state index < -0.39 is 28.8 Å². The first-order valence-corrected chi connectivity index (χ1v) is 18.1.